The number of benzene rings is 1. The zero-order valence-corrected chi connectivity index (χ0v) is 11.1. The first-order valence-electron chi connectivity index (χ1n) is 6.24. The summed E-state index contributed by atoms with van der Waals surface area (Å²) >= 11 is 5.78. The zero-order valence-electron chi connectivity index (χ0n) is 10.4. The Hall–Kier alpha value is -1.13. The molecule has 0 bridgehead atoms. The van der Waals surface area contributed by atoms with Gasteiger partial charge in [0.25, 0.3) is 5.69 Å². The van der Waals surface area contributed by atoms with Crippen molar-refractivity contribution in [3.63, 3.8) is 0 Å². The van der Waals surface area contributed by atoms with Crippen LogP contribution in [-0.2, 0) is 6.54 Å². The zero-order chi connectivity index (χ0) is 13.1. The van der Waals surface area contributed by atoms with Crippen LogP contribution in [0.1, 0.15) is 31.7 Å². The molecule has 0 saturated heterocycles. The molecule has 1 aromatic carbocycles. The molecule has 2 unspecified atom stereocenters. The smallest absolute Gasteiger partial charge is 0.288 e. The molecule has 5 heteroatoms. The average Bonchev–Trinajstić information content (AvgIpc) is 2.73. The number of nitro benzene ring substituents is 1. The van der Waals surface area contributed by atoms with Crippen LogP contribution >= 0.6 is 11.6 Å². The Labute approximate surface area is 111 Å². The number of hydrogen-bond donors (Lipinski definition) is 1. The van der Waals surface area contributed by atoms with Crippen molar-refractivity contribution in [2.24, 2.45) is 5.92 Å². The predicted octanol–water partition coefficient (Wildman–Crippen LogP) is 3.53. The Morgan fingerprint density at radius 2 is 2.28 bits per heavy atom. The van der Waals surface area contributed by atoms with Crippen molar-refractivity contribution in [1.29, 1.82) is 0 Å². The molecular formula is C13H17ClN2O2. The summed E-state index contributed by atoms with van der Waals surface area (Å²) < 4.78 is 0. The lowest BCUT2D eigenvalue weighted by Gasteiger charge is -2.17. The van der Waals surface area contributed by atoms with Crippen molar-refractivity contribution in [3.05, 3.63) is 38.9 Å². The number of nitrogens with one attached hydrogen (secondary N) is 1. The van der Waals surface area contributed by atoms with Gasteiger partial charge in [0.15, 0.2) is 0 Å². The molecule has 0 amide bonds. The highest BCUT2D eigenvalue weighted by Crippen LogP contribution is 2.27. The first-order chi connectivity index (χ1) is 8.58. The standard InChI is InChI=1S/C13H17ClN2O2/c1-9-3-2-4-12(9)15-8-10-5-6-11(14)13(7-10)16(17)18/h5-7,9,12,15H,2-4,8H2,1H3. The maximum absolute atomic E-state index is 10.8. The fourth-order valence-corrected chi connectivity index (χ4v) is 2.69. The highest BCUT2D eigenvalue weighted by molar-refractivity contribution is 6.32. The van der Waals surface area contributed by atoms with Gasteiger partial charge in [-0.05, 0) is 30.4 Å². The summed E-state index contributed by atoms with van der Waals surface area (Å²) in [6.07, 6.45) is 3.72. The Balaban J connectivity index is 2.01. The predicted molar refractivity (Wildman–Crippen MR) is 71.7 cm³/mol. The third-order valence-electron chi connectivity index (χ3n) is 3.64. The molecule has 2 atom stereocenters. The van der Waals surface area contributed by atoms with Crippen LogP contribution < -0.4 is 5.32 Å². The van der Waals surface area contributed by atoms with Crippen molar-refractivity contribution in [2.75, 3.05) is 0 Å². The molecule has 2 rings (SSSR count). The second kappa shape index (κ2) is 5.67. The molecule has 1 aliphatic carbocycles. The first-order valence-corrected chi connectivity index (χ1v) is 6.62. The van der Waals surface area contributed by atoms with Crippen LogP contribution in [0.2, 0.25) is 5.02 Å². The molecule has 1 saturated carbocycles. The molecule has 0 radical (unpaired) electrons. The normalized spacial score (nSPS) is 23.2. The molecule has 1 fully saturated rings. The first kappa shape index (κ1) is 13.3. The van der Waals surface area contributed by atoms with Gasteiger partial charge in [0, 0.05) is 18.7 Å². The minimum atomic E-state index is -0.440. The van der Waals surface area contributed by atoms with Crippen LogP contribution in [0.3, 0.4) is 0 Å². The van der Waals surface area contributed by atoms with Gasteiger partial charge in [0.1, 0.15) is 5.02 Å². The SMILES string of the molecule is CC1CCCC1NCc1ccc(Cl)c([N+](=O)[O-])c1. The van der Waals surface area contributed by atoms with Gasteiger partial charge in [-0.25, -0.2) is 0 Å². The van der Waals surface area contributed by atoms with Crippen molar-refractivity contribution in [2.45, 2.75) is 38.8 Å². The Bertz CT molecular complexity index is 451. The van der Waals surface area contributed by atoms with Crippen LogP contribution in [-0.4, -0.2) is 11.0 Å². The van der Waals surface area contributed by atoms with Crippen molar-refractivity contribution in [3.8, 4) is 0 Å². The van der Waals surface area contributed by atoms with E-state index in [0.717, 1.165) is 5.56 Å². The molecule has 1 aliphatic rings. The van der Waals surface area contributed by atoms with Crippen molar-refractivity contribution < 1.29 is 4.92 Å². The molecule has 0 aromatic heterocycles. The molecule has 1 N–H and O–H groups in total. The van der Waals surface area contributed by atoms with E-state index < -0.39 is 4.92 Å². The Morgan fingerprint density at radius 1 is 1.50 bits per heavy atom. The number of nitro groups is 1. The molecule has 1 aromatic rings. The Morgan fingerprint density at radius 3 is 2.89 bits per heavy atom. The summed E-state index contributed by atoms with van der Waals surface area (Å²) in [5.74, 6) is 0.687. The Kier molecular flexibility index (Phi) is 4.19. The van der Waals surface area contributed by atoms with E-state index >= 15 is 0 Å². The van der Waals surface area contributed by atoms with E-state index in [1.54, 1.807) is 12.1 Å². The minimum absolute atomic E-state index is 0.0181. The fraction of sp³-hybridized carbons (Fsp3) is 0.538. The topological polar surface area (TPSA) is 55.2 Å². The average molecular weight is 269 g/mol. The van der Waals surface area contributed by atoms with E-state index in [0.29, 0.717) is 18.5 Å². The number of halogens is 1. The third kappa shape index (κ3) is 3.00. The highest BCUT2D eigenvalue weighted by Gasteiger charge is 2.22. The second-order valence-electron chi connectivity index (χ2n) is 4.94. The van der Waals surface area contributed by atoms with Crippen molar-refractivity contribution >= 4 is 17.3 Å². The largest absolute Gasteiger partial charge is 0.310 e. The molecule has 0 aliphatic heterocycles. The van der Waals surface area contributed by atoms with Gasteiger partial charge < -0.3 is 5.32 Å². The fourth-order valence-electron chi connectivity index (χ4n) is 2.51. The lowest BCUT2D eigenvalue weighted by Crippen LogP contribution is -2.30. The van der Waals surface area contributed by atoms with Gasteiger partial charge in [0.2, 0.25) is 0 Å². The maximum atomic E-state index is 10.8. The number of hydrogen-bond acceptors (Lipinski definition) is 3. The van der Waals surface area contributed by atoms with Gasteiger partial charge in [0.05, 0.1) is 4.92 Å². The van der Waals surface area contributed by atoms with Crippen LogP contribution in [0.5, 0.6) is 0 Å². The summed E-state index contributed by atoms with van der Waals surface area (Å²) in [7, 11) is 0. The number of rotatable bonds is 4. The van der Waals surface area contributed by atoms with E-state index in [9.17, 15) is 10.1 Å². The lowest BCUT2D eigenvalue weighted by atomic mass is 10.1. The lowest BCUT2D eigenvalue weighted by molar-refractivity contribution is -0.384. The monoisotopic (exact) mass is 268 g/mol. The van der Waals surface area contributed by atoms with Gasteiger partial charge in [-0.15, -0.1) is 0 Å². The molecular weight excluding hydrogens is 252 g/mol. The molecule has 0 spiro atoms. The van der Waals surface area contributed by atoms with Gasteiger partial charge in [-0.2, -0.15) is 0 Å². The van der Waals surface area contributed by atoms with Gasteiger partial charge in [-0.1, -0.05) is 31.0 Å². The van der Waals surface area contributed by atoms with Crippen LogP contribution in [0.25, 0.3) is 0 Å². The summed E-state index contributed by atoms with van der Waals surface area (Å²) in [4.78, 5) is 10.3. The third-order valence-corrected chi connectivity index (χ3v) is 3.96. The minimum Gasteiger partial charge on any atom is -0.310 e. The molecule has 18 heavy (non-hydrogen) atoms. The number of nitrogens with zero attached hydrogens (tertiary/aromatic N) is 1. The van der Waals surface area contributed by atoms with Crippen LogP contribution in [0, 0.1) is 16.0 Å². The molecule has 98 valence electrons. The summed E-state index contributed by atoms with van der Waals surface area (Å²) in [6, 6.07) is 5.51. The van der Waals surface area contributed by atoms with Crippen LogP contribution in [0.15, 0.2) is 18.2 Å². The van der Waals surface area contributed by atoms with Crippen molar-refractivity contribution in [1.82, 2.24) is 5.32 Å². The van der Waals surface area contributed by atoms with Crippen LogP contribution in [0.4, 0.5) is 5.69 Å². The summed E-state index contributed by atoms with van der Waals surface area (Å²) in [5, 5.41) is 14.4. The maximum Gasteiger partial charge on any atom is 0.288 e. The van der Waals surface area contributed by atoms with E-state index in [-0.39, 0.29) is 10.7 Å². The quantitative estimate of drug-likeness (QED) is 0.671. The van der Waals surface area contributed by atoms with E-state index in [1.807, 2.05) is 6.07 Å². The molecule has 0 heterocycles. The van der Waals surface area contributed by atoms with E-state index in [2.05, 4.69) is 12.2 Å². The van der Waals surface area contributed by atoms with E-state index in [4.69, 9.17) is 11.6 Å². The highest BCUT2D eigenvalue weighted by atomic mass is 35.5. The second-order valence-corrected chi connectivity index (χ2v) is 5.35. The van der Waals surface area contributed by atoms with Gasteiger partial charge in [-0.3, -0.25) is 10.1 Å². The van der Waals surface area contributed by atoms with Gasteiger partial charge >= 0.3 is 0 Å². The van der Waals surface area contributed by atoms with E-state index in [1.165, 1.54) is 19.3 Å². The molecule has 4 nitrogen and oxygen atoms in total. The summed E-state index contributed by atoms with van der Waals surface area (Å²) in [6.45, 7) is 2.90. The summed E-state index contributed by atoms with van der Waals surface area (Å²) in [5.41, 5.74) is 0.889.